The van der Waals surface area contributed by atoms with Crippen LogP contribution in [0.1, 0.15) is 25.9 Å². The zero-order valence-electron chi connectivity index (χ0n) is 10.2. The van der Waals surface area contributed by atoms with Gasteiger partial charge in [-0.25, -0.2) is 4.98 Å². The van der Waals surface area contributed by atoms with Gasteiger partial charge in [0, 0.05) is 14.9 Å². The molecule has 94 valence electrons. The Balaban J connectivity index is 2.00. The number of halogens is 1. The van der Waals surface area contributed by atoms with E-state index in [1.165, 1.54) is 4.88 Å². The van der Waals surface area contributed by atoms with Crippen molar-refractivity contribution in [2.24, 2.45) is 0 Å². The third-order valence-corrected chi connectivity index (χ3v) is 4.13. The molecule has 0 unspecified atom stereocenters. The lowest BCUT2D eigenvalue weighted by Crippen LogP contribution is -2.22. The summed E-state index contributed by atoms with van der Waals surface area (Å²) in [7, 11) is 0. The summed E-state index contributed by atoms with van der Waals surface area (Å²) in [6.07, 6.45) is 0. The van der Waals surface area contributed by atoms with Crippen LogP contribution in [-0.2, 0) is 6.54 Å². The maximum atomic E-state index is 11.9. The van der Waals surface area contributed by atoms with Gasteiger partial charge in [-0.05, 0) is 32.0 Å². The molecule has 2 rings (SSSR count). The minimum atomic E-state index is -0.0817. The summed E-state index contributed by atoms with van der Waals surface area (Å²) in [5.41, 5.74) is 1.68. The number of carbonyl (C=O) groups is 1. The molecule has 0 saturated carbocycles. The first-order valence-electron chi connectivity index (χ1n) is 5.53. The zero-order valence-corrected chi connectivity index (χ0v) is 12.6. The third-order valence-electron chi connectivity index (χ3n) is 2.56. The van der Waals surface area contributed by atoms with Crippen molar-refractivity contribution in [3.63, 3.8) is 0 Å². The van der Waals surface area contributed by atoms with E-state index >= 15 is 0 Å². The summed E-state index contributed by atoms with van der Waals surface area (Å²) in [6.45, 7) is 4.49. The van der Waals surface area contributed by atoms with Crippen LogP contribution in [0.3, 0.4) is 0 Å². The van der Waals surface area contributed by atoms with Crippen LogP contribution in [0.2, 0.25) is 0 Å². The predicted molar refractivity (Wildman–Crippen MR) is 76.9 cm³/mol. The van der Waals surface area contributed by atoms with Gasteiger partial charge in [-0.15, -0.1) is 11.3 Å². The van der Waals surface area contributed by atoms with Gasteiger partial charge >= 0.3 is 0 Å². The fourth-order valence-electron chi connectivity index (χ4n) is 1.50. The molecule has 1 heterocycles. The Morgan fingerprint density at radius 1 is 1.44 bits per heavy atom. The number of aromatic nitrogens is 1. The summed E-state index contributed by atoms with van der Waals surface area (Å²) in [5, 5.41) is 3.81. The van der Waals surface area contributed by atoms with Crippen molar-refractivity contribution in [2.75, 3.05) is 0 Å². The first kappa shape index (κ1) is 13.2. The van der Waals surface area contributed by atoms with E-state index in [1.807, 2.05) is 26.0 Å². The quantitative estimate of drug-likeness (QED) is 0.939. The van der Waals surface area contributed by atoms with Gasteiger partial charge in [0.05, 0.1) is 12.2 Å². The van der Waals surface area contributed by atoms with Crippen LogP contribution in [-0.4, -0.2) is 10.9 Å². The SMILES string of the molecule is Cc1nc(CNC(=O)c2cccc(Br)c2)sc1C. The molecule has 3 nitrogen and oxygen atoms in total. The highest BCUT2D eigenvalue weighted by Gasteiger charge is 2.08. The van der Waals surface area contributed by atoms with Crippen LogP contribution < -0.4 is 5.32 Å². The minimum absolute atomic E-state index is 0.0817. The number of hydrogen-bond donors (Lipinski definition) is 1. The molecule has 0 aliphatic heterocycles. The summed E-state index contributed by atoms with van der Waals surface area (Å²) < 4.78 is 0.899. The van der Waals surface area contributed by atoms with Crippen LogP contribution in [0, 0.1) is 13.8 Å². The second kappa shape index (κ2) is 5.63. The van der Waals surface area contributed by atoms with Crippen molar-refractivity contribution in [3.8, 4) is 0 Å². The molecule has 1 N–H and O–H groups in total. The number of rotatable bonds is 3. The molecule has 1 aromatic heterocycles. The fourth-order valence-corrected chi connectivity index (χ4v) is 2.78. The van der Waals surface area contributed by atoms with E-state index in [-0.39, 0.29) is 5.91 Å². The Labute approximate surface area is 118 Å². The first-order valence-corrected chi connectivity index (χ1v) is 7.14. The smallest absolute Gasteiger partial charge is 0.251 e. The molecular weight excluding hydrogens is 312 g/mol. The van der Waals surface area contributed by atoms with Gasteiger partial charge in [0.25, 0.3) is 5.91 Å². The molecule has 0 saturated heterocycles. The van der Waals surface area contributed by atoms with Gasteiger partial charge in [0.2, 0.25) is 0 Å². The van der Waals surface area contributed by atoms with Crippen molar-refractivity contribution in [1.82, 2.24) is 10.3 Å². The van der Waals surface area contributed by atoms with Gasteiger partial charge in [-0.1, -0.05) is 22.0 Å². The van der Waals surface area contributed by atoms with Crippen LogP contribution >= 0.6 is 27.3 Å². The number of hydrogen-bond acceptors (Lipinski definition) is 3. The third kappa shape index (κ3) is 3.17. The van der Waals surface area contributed by atoms with Crippen LogP contribution in [0.4, 0.5) is 0 Å². The number of benzene rings is 1. The van der Waals surface area contributed by atoms with E-state index < -0.39 is 0 Å². The van der Waals surface area contributed by atoms with Crippen molar-refractivity contribution in [2.45, 2.75) is 20.4 Å². The monoisotopic (exact) mass is 324 g/mol. The van der Waals surface area contributed by atoms with Gasteiger partial charge in [-0.2, -0.15) is 0 Å². The average molecular weight is 325 g/mol. The number of thiazole rings is 1. The maximum Gasteiger partial charge on any atom is 0.251 e. The molecule has 5 heteroatoms. The molecule has 2 aromatic rings. The van der Waals surface area contributed by atoms with Gasteiger partial charge in [0.15, 0.2) is 0 Å². The Bertz CT molecular complexity index is 561. The van der Waals surface area contributed by atoms with E-state index in [9.17, 15) is 4.79 Å². The number of carbonyl (C=O) groups excluding carboxylic acids is 1. The van der Waals surface area contributed by atoms with Gasteiger partial charge in [-0.3, -0.25) is 4.79 Å². The van der Waals surface area contributed by atoms with E-state index in [0.717, 1.165) is 15.2 Å². The molecule has 0 atom stereocenters. The second-order valence-electron chi connectivity index (χ2n) is 3.94. The Morgan fingerprint density at radius 3 is 2.83 bits per heavy atom. The molecule has 0 spiro atoms. The number of aryl methyl sites for hydroxylation is 2. The highest BCUT2D eigenvalue weighted by atomic mass is 79.9. The van der Waals surface area contributed by atoms with Crippen LogP contribution in [0.25, 0.3) is 0 Å². The highest BCUT2D eigenvalue weighted by Crippen LogP contribution is 2.16. The Hall–Kier alpha value is -1.20. The fraction of sp³-hybridized carbons (Fsp3) is 0.231. The van der Waals surface area contributed by atoms with Gasteiger partial charge < -0.3 is 5.32 Å². The van der Waals surface area contributed by atoms with Crippen molar-refractivity contribution >= 4 is 33.2 Å². The zero-order chi connectivity index (χ0) is 13.1. The summed E-state index contributed by atoms with van der Waals surface area (Å²) >= 11 is 4.97. The van der Waals surface area contributed by atoms with E-state index in [1.54, 1.807) is 23.5 Å². The highest BCUT2D eigenvalue weighted by molar-refractivity contribution is 9.10. The number of nitrogens with one attached hydrogen (secondary N) is 1. The molecule has 0 radical (unpaired) electrons. The second-order valence-corrected chi connectivity index (χ2v) is 6.15. The molecule has 1 aromatic carbocycles. The molecule has 0 aliphatic rings. The Kier molecular flexibility index (Phi) is 4.14. The molecule has 0 bridgehead atoms. The topological polar surface area (TPSA) is 42.0 Å². The van der Waals surface area contributed by atoms with E-state index in [4.69, 9.17) is 0 Å². The molecule has 18 heavy (non-hydrogen) atoms. The maximum absolute atomic E-state index is 11.9. The predicted octanol–water partition coefficient (Wildman–Crippen LogP) is 3.45. The van der Waals surface area contributed by atoms with Gasteiger partial charge in [0.1, 0.15) is 5.01 Å². The molecular formula is C13H13BrN2OS. The molecule has 1 amide bonds. The summed E-state index contributed by atoms with van der Waals surface area (Å²) in [4.78, 5) is 17.5. The molecule has 0 fully saturated rings. The Morgan fingerprint density at radius 2 is 2.22 bits per heavy atom. The standard InChI is InChI=1S/C13H13BrN2OS/c1-8-9(2)18-12(16-8)7-15-13(17)10-4-3-5-11(14)6-10/h3-6H,7H2,1-2H3,(H,15,17). The van der Waals surface area contributed by atoms with Crippen molar-refractivity contribution in [1.29, 1.82) is 0 Å². The summed E-state index contributed by atoms with van der Waals surface area (Å²) in [6, 6.07) is 7.33. The number of amides is 1. The lowest BCUT2D eigenvalue weighted by molar-refractivity contribution is 0.0951. The van der Waals surface area contributed by atoms with Crippen LogP contribution in [0.5, 0.6) is 0 Å². The van der Waals surface area contributed by atoms with Crippen molar-refractivity contribution < 1.29 is 4.79 Å². The minimum Gasteiger partial charge on any atom is -0.346 e. The van der Waals surface area contributed by atoms with Crippen LogP contribution in [0.15, 0.2) is 28.7 Å². The first-order chi connectivity index (χ1) is 8.56. The lowest BCUT2D eigenvalue weighted by Gasteiger charge is -2.03. The molecule has 0 aliphatic carbocycles. The normalized spacial score (nSPS) is 10.4. The average Bonchev–Trinajstić information content (AvgIpc) is 2.66. The largest absolute Gasteiger partial charge is 0.346 e. The summed E-state index contributed by atoms with van der Waals surface area (Å²) in [5.74, 6) is -0.0817. The number of nitrogens with zero attached hydrogens (tertiary/aromatic N) is 1. The lowest BCUT2D eigenvalue weighted by atomic mass is 10.2. The van der Waals surface area contributed by atoms with E-state index in [0.29, 0.717) is 12.1 Å². The van der Waals surface area contributed by atoms with E-state index in [2.05, 4.69) is 26.2 Å². The van der Waals surface area contributed by atoms with Crippen molar-refractivity contribution in [3.05, 3.63) is 49.9 Å².